The third-order valence-electron chi connectivity index (χ3n) is 2.69. The first-order chi connectivity index (χ1) is 9.22. The second kappa shape index (κ2) is 6.43. The van der Waals surface area contributed by atoms with Crippen LogP contribution in [0.5, 0.6) is 11.5 Å². The Bertz CT molecular complexity index is 649. The van der Waals surface area contributed by atoms with Crippen LogP contribution in [0.4, 0.5) is 0 Å². The van der Waals surface area contributed by atoms with Crippen LogP contribution < -0.4 is 10.5 Å². The van der Waals surface area contributed by atoms with Crippen molar-refractivity contribution in [1.82, 2.24) is 0 Å². The zero-order chi connectivity index (χ0) is 13.2. The van der Waals surface area contributed by atoms with E-state index in [0.29, 0.717) is 5.75 Å². The number of hydrogen-bond donors (Lipinski definition) is 2. The van der Waals surface area contributed by atoms with Crippen molar-refractivity contribution in [3.8, 4) is 11.5 Å². The number of fused-ring (bicyclic) bond motifs is 2. The van der Waals surface area contributed by atoms with Gasteiger partial charge in [0.25, 0.3) is 0 Å². The number of nitrogens with two attached hydrogens (primary N) is 1. The molecule has 6 heteroatoms. The predicted molar refractivity (Wildman–Crippen MR) is 87.5 cm³/mol. The Morgan fingerprint density at radius 3 is 2.70 bits per heavy atom. The second-order valence-electron chi connectivity index (χ2n) is 4.08. The lowest BCUT2D eigenvalue weighted by molar-refractivity contribution is 0.454. The maximum absolute atomic E-state index is 7.24. The second-order valence-corrected chi connectivity index (χ2v) is 6.19. The summed E-state index contributed by atoms with van der Waals surface area (Å²) in [6.45, 7) is 0. The quantitative estimate of drug-likeness (QED) is 0.538. The topological polar surface area (TPSA) is 59.1 Å². The van der Waals surface area contributed by atoms with Crippen molar-refractivity contribution in [2.24, 2.45) is 5.73 Å². The van der Waals surface area contributed by atoms with Crippen LogP contribution in [0.2, 0.25) is 0 Å². The lowest BCUT2D eigenvalue weighted by Gasteiger charge is -2.19. The Balaban J connectivity index is 0.00000147. The van der Waals surface area contributed by atoms with Crippen LogP contribution in [0.25, 0.3) is 0 Å². The standard InChI is InChI=1S/C14H12N2OS2.ClH/c15-14(16)18-8-9-5-6-11-13(7-9)19-12-4-2-1-3-10(12)17-11;/h1-7H,8H2,(H3,15,16);1H. The molecule has 2 aromatic carbocycles. The summed E-state index contributed by atoms with van der Waals surface area (Å²) in [5, 5.41) is 7.38. The molecule has 104 valence electrons. The van der Waals surface area contributed by atoms with E-state index < -0.39 is 0 Å². The number of hydrogen-bond acceptors (Lipinski definition) is 4. The fourth-order valence-electron chi connectivity index (χ4n) is 1.82. The van der Waals surface area contributed by atoms with Gasteiger partial charge < -0.3 is 10.5 Å². The van der Waals surface area contributed by atoms with Gasteiger partial charge in [-0.05, 0) is 29.8 Å². The fraction of sp³-hybridized carbons (Fsp3) is 0.0714. The molecule has 1 heterocycles. The highest BCUT2D eigenvalue weighted by molar-refractivity contribution is 8.13. The van der Waals surface area contributed by atoms with E-state index in [9.17, 15) is 0 Å². The smallest absolute Gasteiger partial charge is 0.151 e. The van der Waals surface area contributed by atoms with Gasteiger partial charge in [0.15, 0.2) is 5.17 Å². The van der Waals surface area contributed by atoms with Crippen LogP contribution in [-0.4, -0.2) is 5.17 Å². The van der Waals surface area contributed by atoms with Crippen molar-refractivity contribution >= 4 is 41.1 Å². The van der Waals surface area contributed by atoms with E-state index in [1.54, 1.807) is 11.8 Å². The molecular weight excluding hydrogens is 312 g/mol. The summed E-state index contributed by atoms with van der Waals surface area (Å²) in [5.41, 5.74) is 6.51. The van der Waals surface area contributed by atoms with E-state index in [4.69, 9.17) is 15.9 Å². The zero-order valence-electron chi connectivity index (χ0n) is 10.5. The molecule has 0 bridgehead atoms. The molecule has 2 aromatic rings. The molecule has 0 atom stereocenters. The average Bonchev–Trinajstić information content (AvgIpc) is 2.42. The molecule has 1 aliphatic rings. The van der Waals surface area contributed by atoms with Crippen LogP contribution in [0.3, 0.4) is 0 Å². The molecule has 3 N–H and O–H groups in total. The van der Waals surface area contributed by atoms with Gasteiger partial charge in [-0.3, -0.25) is 5.41 Å². The molecule has 0 unspecified atom stereocenters. The SMILES string of the molecule is Cl.N=C(N)SCc1ccc2c(c1)Sc1ccccc1O2. The van der Waals surface area contributed by atoms with E-state index in [0.717, 1.165) is 26.9 Å². The first-order valence-corrected chi connectivity index (χ1v) is 7.57. The van der Waals surface area contributed by atoms with E-state index in [2.05, 4.69) is 12.1 Å². The van der Waals surface area contributed by atoms with Crippen molar-refractivity contribution in [3.05, 3.63) is 48.0 Å². The number of halogens is 1. The molecule has 3 nitrogen and oxygen atoms in total. The number of amidine groups is 1. The molecular formula is C14H13ClN2OS2. The molecule has 0 saturated carbocycles. The van der Waals surface area contributed by atoms with Gasteiger partial charge in [-0.2, -0.15) is 0 Å². The highest BCUT2D eigenvalue weighted by Crippen LogP contribution is 2.47. The summed E-state index contributed by atoms with van der Waals surface area (Å²) < 4.78 is 5.86. The molecule has 3 rings (SSSR count). The summed E-state index contributed by atoms with van der Waals surface area (Å²) in [6.07, 6.45) is 0. The minimum atomic E-state index is 0. The first kappa shape index (κ1) is 15.1. The van der Waals surface area contributed by atoms with Gasteiger partial charge in [-0.15, -0.1) is 12.4 Å². The lowest BCUT2D eigenvalue weighted by Crippen LogP contribution is -2.04. The number of nitrogens with one attached hydrogen (secondary N) is 1. The van der Waals surface area contributed by atoms with Crippen LogP contribution >= 0.6 is 35.9 Å². The van der Waals surface area contributed by atoms with Crippen molar-refractivity contribution in [3.63, 3.8) is 0 Å². The largest absolute Gasteiger partial charge is 0.455 e. The zero-order valence-corrected chi connectivity index (χ0v) is 12.9. The first-order valence-electron chi connectivity index (χ1n) is 5.77. The maximum atomic E-state index is 7.24. The van der Waals surface area contributed by atoms with Gasteiger partial charge in [0.2, 0.25) is 0 Å². The van der Waals surface area contributed by atoms with E-state index in [1.165, 1.54) is 11.8 Å². The molecule has 1 aliphatic heterocycles. The molecule has 0 saturated heterocycles. The van der Waals surface area contributed by atoms with Gasteiger partial charge in [0.1, 0.15) is 11.5 Å². The predicted octanol–water partition coefficient (Wildman–Crippen LogP) is 4.49. The summed E-state index contributed by atoms with van der Waals surface area (Å²) >= 11 is 3.04. The summed E-state index contributed by atoms with van der Waals surface area (Å²) in [6, 6.07) is 14.1. The average molecular weight is 325 g/mol. The Morgan fingerprint density at radius 1 is 1.15 bits per heavy atom. The molecule has 20 heavy (non-hydrogen) atoms. The number of rotatable bonds is 2. The normalized spacial score (nSPS) is 11.6. The summed E-state index contributed by atoms with van der Waals surface area (Å²) in [5.74, 6) is 2.51. The van der Waals surface area contributed by atoms with Gasteiger partial charge in [-0.25, -0.2) is 0 Å². The molecule has 0 fully saturated rings. The Morgan fingerprint density at radius 2 is 1.90 bits per heavy atom. The number of para-hydroxylation sites is 1. The van der Waals surface area contributed by atoms with Crippen LogP contribution in [0.15, 0.2) is 52.3 Å². The molecule has 0 radical (unpaired) electrons. The molecule has 0 aromatic heterocycles. The van der Waals surface area contributed by atoms with Gasteiger partial charge >= 0.3 is 0 Å². The lowest BCUT2D eigenvalue weighted by atomic mass is 10.2. The molecule has 0 spiro atoms. The van der Waals surface area contributed by atoms with Crippen molar-refractivity contribution < 1.29 is 4.74 Å². The highest BCUT2D eigenvalue weighted by atomic mass is 35.5. The maximum Gasteiger partial charge on any atom is 0.151 e. The van der Waals surface area contributed by atoms with Gasteiger partial charge in [0.05, 0.1) is 9.79 Å². The van der Waals surface area contributed by atoms with Crippen molar-refractivity contribution in [2.45, 2.75) is 15.5 Å². The number of thioether (sulfide) groups is 1. The highest BCUT2D eigenvalue weighted by Gasteiger charge is 2.17. The summed E-state index contributed by atoms with van der Waals surface area (Å²) in [7, 11) is 0. The minimum Gasteiger partial charge on any atom is -0.455 e. The van der Waals surface area contributed by atoms with E-state index in [-0.39, 0.29) is 17.6 Å². The van der Waals surface area contributed by atoms with Gasteiger partial charge in [-0.1, -0.05) is 41.7 Å². The van der Waals surface area contributed by atoms with Gasteiger partial charge in [0, 0.05) is 5.75 Å². The Hall–Kier alpha value is -1.30. The van der Waals surface area contributed by atoms with Crippen molar-refractivity contribution in [2.75, 3.05) is 0 Å². The van der Waals surface area contributed by atoms with E-state index in [1.807, 2.05) is 30.3 Å². The molecule has 0 aliphatic carbocycles. The van der Waals surface area contributed by atoms with Crippen LogP contribution in [0.1, 0.15) is 5.56 Å². The Labute approximate surface area is 132 Å². The number of ether oxygens (including phenoxy) is 1. The van der Waals surface area contributed by atoms with Crippen LogP contribution in [-0.2, 0) is 5.75 Å². The minimum absolute atomic E-state index is 0. The van der Waals surface area contributed by atoms with Crippen molar-refractivity contribution in [1.29, 1.82) is 5.41 Å². The van der Waals surface area contributed by atoms with Crippen LogP contribution in [0, 0.1) is 5.41 Å². The third-order valence-corrected chi connectivity index (χ3v) is 4.58. The molecule has 0 amide bonds. The summed E-state index contributed by atoms with van der Waals surface area (Å²) in [4.78, 5) is 2.24. The number of benzene rings is 2. The Kier molecular flexibility index (Phi) is 4.86. The van der Waals surface area contributed by atoms with E-state index >= 15 is 0 Å². The third kappa shape index (κ3) is 3.23. The monoisotopic (exact) mass is 324 g/mol. The fourth-order valence-corrected chi connectivity index (χ4v) is 3.34.